The largest absolute Gasteiger partial charge is 0.573 e. The lowest BCUT2D eigenvalue weighted by Gasteiger charge is -2.08. The van der Waals surface area contributed by atoms with Gasteiger partial charge in [0.2, 0.25) is 0 Å². The van der Waals surface area contributed by atoms with Crippen molar-refractivity contribution in [2.45, 2.75) is 6.36 Å². The third-order valence-electron chi connectivity index (χ3n) is 1.58. The predicted octanol–water partition coefficient (Wildman–Crippen LogP) is 3.80. The van der Waals surface area contributed by atoms with Crippen molar-refractivity contribution in [3.05, 3.63) is 21.2 Å². The van der Waals surface area contributed by atoms with Crippen LogP contribution < -0.4 is 4.74 Å². The molecule has 0 spiro atoms. The van der Waals surface area contributed by atoms with Crippen molar-refractivity contribution in [2.75, 3.05) is 0 Å². The van der Waals surface area contributed by atoms with Gasteiger partial charge in [0.1, 0.15) is 5.52 Å². The van der Waals surface area contributed by atoms with Gasteiger partial charge in [-0.2, -0.15) is 0 Å². The summed E-state index contributed by atoms with van der Waals surface area (Å²) in [7, 11) is 0. The summed E-state index contributed by atoms with van der Waals surface area (Å²) in [4.78, 5) is 3.98. The molecule has 2 nitrogen and oxygen atoms in total. The van der Waals surface area contributed by atoms with E-state index in [0.717, 1.165) is 0 Å². The Kier molecular flexibility index (Phi) is 2.75. The molecule has 7 heteroatoms. The van der Waals surface area contributed by atoms with Crippen molar-refractivity contribution in [2.24, 2.45) is 0 Å². The van der Waals surface area contributed by atoms with Crippen LogP contribution in [0.5, 0.6) is 5.75 Å². The zero-order chi connectivity index (χ0) is 11.1. The fourth-order valence-electron chi connectivity index (χ4n) is 1.10. The molecule has 0 saturated heterocycles. The maximum Gasteiger partial charge on any atom is 0.573 e. The summed E-state index contributed by atoms with van der Waals surface area (Å²) in [5, 5.41) is 0. The van der Waals surface area contributed by atoms with Gasteiger partial charge in [-0.1, -0.05) is 6.07 Å². The SMILES string of the molecule is FC(F)(F)Oc1cccc2sc(I)nc12. The van der Waals surface area contributed by atoms with E-state index in [-0.39, 0.29) is 11.3 Å². The highest BCUT2D eigenvalue weighted by atomic mass is 127. The number of aromatic nitrogens is 1. The molecule has 0 radical (unpaired) electrons. The second-order valence-electron chi connectivity index (χ2n) is 2.62. The molecule has 0 saturated carbocycles. The first-order valence-electron chi connectivity index (χ1n) is 3.76. The quantitative estimate of drug-likeness (QED) is 0.734. The summed E-state index contributed by atoms with van der Waals surface area (Å²) >= 11 is 3.28. The summed E-state index contributed by atoms with van der Waals surface area (Å²) in [5.41, 5.74) is 0.254. The lowest BCUT2D eigenvalue weighted by Crippen LogP contribution is -2.17. The summed E-state index contributed by atoms with van der Waals surface area (Å²) < 4.78 is 41.3. The fraction of sp³-hybridized carbons (Fsp3) is 0.125. The minimum Gasteiger partial charge on any atom is -0.403 e. The van der Waals surface area contributed by atoms with Crippen LogP contribution >= 0.6 is 33.9 Å². The highest BCUT2D eigenvalue weighted by Crippen LogP contribution is 2.33. The Morgan fingerprint density at radius 3 is 2.73 bits per heavy atom. The Bertz CT molecular complexity index is 496. The number of nitrogens with zero attached hydrogens (tertiary/aromatic N) is 1. The lowest BCUT2D eigenvalue weighted by atomic mass is 10.3. The third kappa shape index (κ3) is 2.51. The molecular formula is C8H3F3INOS. The number of para-hydroxylation sites is 1. The molecule has 15 heavy (non-hydrogen) atoms. The second kappa shape index (κ2) is 3.78. The van der Waals surface area contributed by atoms with Crippen LogP contribution in [0.1, 0.15) is 0 Å². The highest BCUT2D eigenvalue weighted by molar-refractivity contribution is 14.1. The number of benzene rings is 1. The number of rotatable bonds is 1. The molecule has 0 atom stereocenters. The van der Waals surface area contributed by atoms with Gasteiger partial charge in [-0.05, 0) is 34.7 Å². The molecule has 2 aromatic rings. The van der Waals surface area contributed by atoms with Crippen molar-refractivity contribution in [1.82, 2.24) is 4.98 Å². The molecule has 1 aromatic heterocycles. The minimum absolute atomic E-state index is 0.251. The first-order chi connectivity index (χ1) is 6.96. The Morgan fingerprint density at radius 2 is 2.07 bits per heavy atom. The maximum absolute atomic E-state index is 12.0. The van der Waals surface area contributed by atoms with Crippen LogP contribution in [0, 0.1) is 3.01 Å². The second-order valence-corrected chi connectivity index (χ2v) is 5.40. The molecule has 0 bridgehead atoms. The van der Waals surface area contributed by atoms with Crippen LogP contribution in [-0.4, -0.2) is 11.3 Å². The summed E-state index contributed by atoms with van der Waals surface area (Å²) in [6, 6.07) is 4.47. The van der Waals surface area contributed by atoms with E-state index in [0.29, 0.717) is 7.71 Å². The van der Waals surface area contributed by atoms with Crippen LogP contribution in [-0.2, 0) is 0 Å². The molecule has 2 rings (SSSR count). The van der Waals surface area contributed by atoms with E-state index < -0.39 is 6.36 Å². The monoisotopic (exact) mass is 345 g/mol. The number of alkyl halides is 3. The molecule has 1 aromatic carbocycles. The number of ether oxygens (including phenoxy) is 1. The molecule has 0 aliphatic carbocycles. The van der Waals surface area contributed by atoms with Gasteiger partial charge in [-0.25, -0.2) is 4.98 Å². The lowest BCUT2D eigenvalue weighted by molar-refractivity contribution is -0.274. The minimum atomic E-state index is -4.68. The Hall–Kier alpha value is -0.570. The van der Waals surface area contributed by atoms with E-state index in [1.807, 2.05) is 22.6 Å². The third-order valence-corrected chi connectivity index (χ3v) is 3.29. The number of hydrogen-bond acceptors (Lipinski definition) is 3. The van der Waals surface area contributed by atoms with Gasteiger partial charge >= 0.3 is 6.36 Å². The van der Waals surface area contributed by atoms with E-state index in [9.17, 15) is 13.2 Å². The Labute approximate surface area is 100 Å². The van der Waals surface area contributed by atoms with Crippen molar-refractivity contribution < 1.29 is 17.9 Å². The Balaban J connectivity index is 2.51. The number of hydrogen-bond donors (Lipinski definition) is 0. The molecule has 80 valence electrons. The first-order valence-corrected chi connectivity index (χ1v) is 5.66. The normalized spacial score (nSPS) is 12.0. The summed E-state index contributed by atoms with van der Waals surface area (Å²) in [5.74, 6) is -0.251. The zero-order valence-electron chi connectivity index (χ0n) is 7.01. The molecule has 1 heterocycles. The van der Waals surface area contributed by atoms with Crippen LogP contribution in [0.25, 0.3) is 10.2 Å². The molecule has 0 amide bonds. The first kappa shape index (κ1) is 10.9. The van der Waals surface area contributed by atoms with Gasteiger partial charge < -0.3 is 4.74 Å². The fourth-order valence-corrected chi connectivity index (χ4v) is 2.76. The molecule has 0 unspecified atom stereocenters. The smallest absolute Gasteiger partial charge is 0.403 e. The van der Waals surface area contributed by atoms with E-state index >= 15 is 0 Å². The van der Waals surface area contributed by atoms with Crippen LogP contribution in [0.3, 0.4) is 0 Å². The van der Waals surface area contributed by atoms with Gasteiger partial charge in [0.25, 0.3) is 0 Å². The number of thiazole rings is 1. The summed E-state index contributed by atoms with van der Waals surface area (Å²) in [6.07, 6.45) is -4.68. The average molecular weight is 345 g/mol. The van der Waals surface area contributed by atoms with E-state index in [1.165, 1.54) is 23.5 Å². The molecule has 0 fully saturated rings. The van der Waals surface area contributed by atoms with Crippen LogP contribution in [0.2, 0.25) is 0 Å². The van der Waals surface area contributed by atoms with E-state index in [2.05, 4.69) is 9.72 Å². The molecular weight excluding hydrogens is 342 g/mol. The van der Waals surface area contributed by atoms with Crippen molar-refractivity contribution in [3.63, 3.8) is 0 Å². The summed E-state index contributed by atoms with van der Waals surface area (Å²) in [6.45, 7) is 0. The average Bonchev–Trinajstić information content (AvgIpc) is 2.43. The molecule has 0 aliphatic heterocycles. The van der Waals surface area contributed by atoms with Gasteiger partial charge in [0, 0.05) is 0 Å². The molecule has 0 aliphatic rings. The van der Waals surface area contributed by atoms with Crippen LogP contribution in [0.15, 0.2) is 18.2 Å². The topological polar surface area (TPSA) is 22.1 Å². The van der Waals surface area contributed by atoms with E-state index in [4.69, 9.17) is 0 Å². The van der Waals surface area contributed by atoms with Gasteiger partial charge in [-0.3, -0.25) is 0 Å². The number of fused-ring (bicyclic) bond motifs is 1. The van der Waals surface area contributed by atoms with Gasteiger partial charge in [0.15, 0.2) is 8.76 Å². The predicted molar refractivity (Wildman–Crippen MR) is 59.0 cm³/mol. The van der Waals surface area contributed by atoms with Gasteiger partial charge in [-0.15, -0.1) is 24.5 Å². The van der Waals surface area contributed by atoms with Crippen LogP contribution in [0.4, 0.5) is 13.2 Å². The number of halogens is 4. The maximum atomic E-state index is 12.0. The standard InChI is InChI=1S/C8H3F3INOS/c9-8(10,11)14-4-2-1-3-5-6(4)13-7(12)15-5/h1-3H. The van der Waals surface area contributed by atoms with Crippen molar-refractivity contribution in [1.29, 1.82) is 0 Å². The zero-order valence-corrected chi connectivity index (χ0v) is 9.98. The van der Waals surface area contributed by atoms with Crippen molar-refractivity contribution in [3.8, 4) is 5.75 Å². The van der Waals surface area contributed by atoms with E-state index in [1.54, 1.807) is 6.07 Å². The highest BCUT2D eigenvalue weighted by Gasteiger charge is 2.32. The Morgan fingerprint density at radius 1 is 1.33 bits per heavy atom. The molecule has 0 N–H and O–H groups in total. The van der Waals surface area contributed by atoms with Gasteiger partial charge in [0.05, 0.1) is 4.70 Å². The van der Waals surface area contributed by atoms with Crippen molar-refractivity contribution >= 4 is 44.1 Å².